The van der Waals surface area contributed by atoms with Crippen molar-refractivity contribution in [2.24, 2.45) is 5.73 Å². The van der Waals surface area contributed by atoms with Crippen molar-refractivity contribution in [3.63, 3.8) is 0 Å². The number of nitrogens with one attached hydrogen (secondary N) is 1. The van der Waals surface area contributed by atoms with Crippen LogP contribution in [0.25, 0.3) is 0 Å². The van der Waals surface area contributed by atoms with Crippen molar-refractivity contribution >= 4 is 10.0 Å². The van der Waals surface area contributed by atoms with Crippen LogP contribution in [0.5, 0.6) is 0 Å². The molecule has 7 heteroatoms. The number of sulfonamides is 1. The van der Waals surface area contributed by atoms with Gasteiger partial charge >= 0.3 is 0 Å². The van der Waals surface area contributed by atoms with Crippen LogP contribution in [-0.4, -0.2) is 64.5 Å². The van der Waals surface area contributed by atoms with Crippen LogP contribution in [-0.2, 0) is 14.8 Å². The molecule has 0 bridgehead atoms. The van der Waals surface area contributed by atoms with Gasteiger partial charge in [0.05, 0.1) is 18.5 Å². The van der Waals surface area contributed by atoms with E-state index in [1.807, 2.05) is 0 Å². The fraction of sp³-hybridized carbons (Fsp3) is 1.00. The SMILES string of the molecule is CCN1CCOC(CNS(=O)(=O)CCCN)C1. The number of morpholine rings is 1. The minimum Gasteiger partial charge on any atom is -0.374 e. The molecule has 6 nitrogen and oxygen atoms in total. The van der Waals surface area contributed by atoms with Gasteiger partial charge < -0.3 is 10.5 Å². The number of rotatable bonds is 7. The normalized spacial score (nSPS) is 22.8. The molecule has 0 saturated carbocycles. The van der Waals surface area contributed by atoms with Crippen molar-refractivity contribution in [1.82, 2.24) is 9.62 Å². The summed E-state index contributed by atoms with van der Waals surface area (Å²) >= 11 is 0. The van der Waals surface area contributed by atoms with Crippen molar-refractivity contribution in [1.29, 1.82) is 0 Å². The summed E-state index contributed by atoms with van der Waals surface area (Å²) in [5, 5.41) is 0. The molecule has 0 aromatic heterocycles. The van der Waals surface area contributed by atoms with E-state index in [9.17, 15) is 8.42 Å². The minimum absolute atomic E-state index is 0.0450. The molecule has 0 aliphatic carbocycles. The van der Waals surface area contributed by atoms with Crippen molar-refractivity contribution < 1.29 is 13.2 Å². The third-order valence-electron chi connectivity index (χ3n) is 2.82. The summed E-state index contributed by atoms with van der Waals surface area (Å²) in [5.74, 6) is 0.0910. The summed E-state index contributed by atoms with van der Waals surface area (Å²) < 4.78 is 31.2. The lowest BCUT2D eigenvalue weighted by molar-refractivity contribution is -0.0229. The standard InChI is InChI=1S/C10H23N3O3S/c1-2-13-5-6-16-10(9-13)8-12-17(14,15)7-3-4-11/h10,12H,2-9,11H2,1H3. The van der Waals surface area contributed by atoms with Crippen molar-refractivity contribution in [3.05, 3.63) is 0 Å². The first-order valence-corrected chi connectivity index (χ1v) is 7.74. The van der Waals surface area contributed by atoms with Crippen molar-refractivity contribution in [2.75, 3.05) is 45.1 Å². The number of nitrogens with zero attached hydrogens (tertiary/aromatic N) is 1. The highest BCUT2D eigenvalue weighted by atomic mass is 32.2. The van der Waals surface area contributed by atoms with E-state index in [4.69, 9.17) is 10.5 Å². The van der Waals surface area contributed by atoms with E-state index >= 15 is 0 Å². The molecular weight excluding hydrogens is 242 g/mol. The smallest absolute Gasteiger partial charge is 0.211 e. The molecule has 17 heavy (non-hydrogen) atoms. The fourth-order valence-electron chi connectivity index (χ4n) is 1.76. The second-order valence-electron chi connectivity index (χ2n) is 4.20. The van der Waals surface area contributed by atoms with E-state index in [-0.39, 0.29) is 11.9 Å². The fourth-order valence-corrected chi connectivity index (χ4v) is 2.89. The third kappa shape index (κ3) is 5.78. The molecule has 3 N–H and O–H groups in total. The molecule has 0 aromatic rings. The first-order valence-electron chi connectivity index (χ1n) is 6.08. The molecule has 1 aliphatic heterocycles. The summed E-state index contributed by atoms with van der Waals surface area (Å²) in [6, 6.07) is 0. The second kappa shape index (κ2) is 7.27. The summed E-state index contributed by atoms with van der Waals surface area (Å²) in [5.41, 5.74) is 5.29. The molecule has 0 spiro atoms. The molecule has 0 amide bonds. The predicted octanol–water partition coefficient (Wildman–Crippen LogP) is -1.02. The van der Waals surface area contributed by atoms with Crippen LogP contribution in [0.15, 0.2) is 0 Å². The zero-order valence-electron chi connectivity index (χ0n) is 10.4. The molecule has 1 rings (SSSR count). The molecule has 1 atom stereocenters. The van der Waals surface area contributed by atoms with E-state index in [2.05, 4.69) is 16.5 Å². The van der Waals surface area contributed by atoms with Gasteiger partial charge in [0.25, 0.3) is 0 Å². The highest BCUT2D eigenvalue weighted by Crippen LogP contribution is 2.04. The molecule has 0 radical (unpaired) electrons. The topological polar surface area (TPSA) is 84.7 Å². The van der Waals surface area contributed by atoms with E-state index in [0.29, 0.717) is 26.1 Å². The highest BCUT2D eigenvalue weighted by Gasteiger charge is 2.21. The predicted molar refractivity (Wildman–Crippen MR) is 67.3 cm³/mol. The van der Waals surface area contributed by atoms with E-state index in [1.165, 1.54) is 0 Å². The first kappa shape index (κ1) is 14.8. The maximum Gasteiger partial charge on any atom is 0.211 e. The van der Waals surface area contributed by atoms with Crippen molar-refractivity contribution in [3.8, 4) is 0 Å². The lowest BCUT2D eigenvalue weighted by Crippen LogP contribution is -2.47. The average Bonchev–Trinajstić information content (AvgIpc) is 2.34. The monoisotopic (exact) mass is 265 g/mol. The average molecular weight is 265 g/mol. The largest absolute Gasteiger partial charge is 0.374 e. The van der Waals surface area contributed by atoms with Gasteiger partial charge in [-0.1, -0.05) is 6.92 Å². The zero-order chi connectivity index (χ0) is 12.7. The maximum atomic E-state index is 11.5. The molecular formula is C10H23N3O3S. The van der Waals surface area contributed by atoms with Crippen LogP contribution in [0.4, 0.5) is 0 Å². The van der Waals surface area contributed by atoms with Crippen LogP contribution >= 0.6 is 0 Å². The molecule has 102 valence electrons. The zero-order valence-corrected chi connectivity index (χ0v) is 11.2. The number of nitrogens with two attached hydrogens (primary N) is 1. The summed E-state index contributed by atoms with van der Waals surface area (Å²) in [4.78, 5) is 2.25. The second-order valence-corrected chi connectivity index (χ2v) is 6.12. The Labute approximate surface area is 104 Å². The Morgan fingerprint density at radius 1 is 1.53 bits per heavy atom. The van der Waals surface area contributed by atoms with Gasteiger partial charge in [0, 0.05) is 19.6 Å². The van der Waals surface area contributed by atoms with Crippen LogP contribution in [0, 0.1) is 0 Å². The van der Waals surface area contributed by atoms with Gasteiger partial charge in [-0.15, -0.1) is 0 Å². The summed E-state index contributed by atoms with van der Waals surface area (Å²) in [6.45, 7) is 6.19. The molecule has 1 unspecified atom stereocenters. The summed E-state index contributed by atoms with van der Waals surface area (Å²) in [6.07, 6.45) is 0.443. The number of likely N-dealkylation sites (N-methyl/N-ethyl adjacent to an activating group) is 1. The van der Waals surface area contributed by atoms with Gasteiger partial charge in [0.1, 0.15) is 0 Å². The molecule has 1 fully saturated rings. The minimum atomic E-state index is -3.20. The lowest BCUT2D eigenvalue weighted by Gasteiger charge is -2.32. The molecule has 0 aromatic carbocycles. The third-order valence-corrected chi connectivity index (χ3v) is 4.25. The molecule has 1 heterocycles. The Balaban J connectivity index is 2.29. The highest BCUT2D eigenvalue weighted by molar-refractivity contribution is 7.89. The molecule has 1 aliphatic rings. The summed E-state index contributed by atoms with van der Waals surface area (Å²) in [7, 11) is -3.20. The Morgan fingerprint density at radius 3 is 2.94 bits per heavy atom. The van der Waals surface area contributed by atoms with E-state index in [1.54, 1.807) is 0 Å². The Bertz CT molecular complexity index is 308. The van der Waals surface area contributed by atoms with Gasteiger partial charge in [0.2, 0.25) is 10.0 Å². The first-order chi connectivity index (χ1) is 8.07. The van der Waals surface area contributed by atoms with Gasteiger partial charge in [-0.25, -0.2) is 13.1 Å². The van der Waals surface area contributed by atoms with Crippen molar-refractivity contribution in [2.45, 2.75) is 19.4 Å². The Kier molecular flexibility index (Phi) is 6.35. The lowest BCUT2D eigenvalue weighted by atomic mass is 10.3. The van der Waals surface area contributed by atoms with Crippen LogP contribution in [0.2, 0.25) is 0 Å². The maximum absolute atomic E-state index is 11.5. The van der Waals surface area contributed by atoms with Crippen LogP contribution in [0.3, 0.4) is 0 Å². The number of hydrogen-bond donors (Lipinski definition) is 2. The van der Waals surface area contributed by atoms with Gasteiger partial charge in [-0.05, 0) is 19.5 Å². The Morgan fingerprint density at radius 2 is 2.29 bits per heavy atom. The number of hydrogen-bond acceptors (Lipinski definition) is 5. The van der Waals surface area contributed by atoms with E-state index < -0.39 is 10.0 Å². The quantitative estimate of drug-likeness (QED) is 0.615. The van der Waals surface area contributed by atoms with Crippen LogP contribution < -0.4 is 10.5 Å². The van der Waals surface area contributed by atoms with E-state index in [0.717, 1.165) is 19.6 Å². The Hall–Kier alpha value is -0.210. The van der Waals surface area contributed by atoms with Gasteiger partial charge in [-0.2, -0.15) is 0 Å². The molecule has 1 saturated heterocycles. The number of ether oxygens (including phenoxy) is 1. The van der Waals surface area contributed by atoms with Gasteiger partial charge in [-0.3, -0.25) is 4.90 Å². The van der Waals surface area contributed by atoms with Gasteiger partial charge in [0.15, 0.2) is 0 Å². The van der Waals surface area contributed by atoms with Crippen LogP contribution in [0.1, 0.15) is 13.3 Å².